The third-order valence-corrected chi connectivity index (χ3v) is 8.57. The summed E-state index contributed by atoms with van der Waals surface area (Å²) in [7, 11) is 0. The van der Waals surface area contributed by atoms with Crippen molar-refractivity contribution in [2.75, 3.05) is 0 Å². The van der Waals surface area contributed by atoms with Gasteiger partial charge in [0.05, 0.1) is 0 Å². The summed E-state index contributed by atoms with van der Waals surface area (Å²) < 4.78 is 0. The lowest BCUT2D eigenvalue weighted by molar-refractivity contribution is 0.290. The van der Waals surface area contributed by atoms with Gasteiger partial charge in [-0.05, 0) is 94.6 Å². The summed E-state index contributed by atoms with van der Waals surface area (Å²) in [6.07, 6.45) is 32.9. The summed E-state index contributed by atoms with van der Waals surface area (Å²) in [5, 5.41) is 0. The molecule has 0 heterocycles. The van der Waals surface area contributed by atoms with Crippen molar-refractivity contribution in [2.45, 2.75) is 114 Å². The lowest BCUT2D eigenvalue weighted by atomic mass is 9.68. The molecular formula is C40H56. The van der Waals surface area contributed by atoms with Gasteiger partial charge in [-0.25, -0.2) is 0 Å². The molecule has 2 aliphatic carbocycles. The molecule has 1 atom stereocenters. The Kier molecular flexibility index (Phi) is 13.3. The predicted molar refractivity (Wildman–Crippen MR) is 180 cm³/mol. The molecule has 0 bridgehead atoms. The molecule has 1 saturated carbocycles. The number of rotatable bonds is 8. The van der Waals surface area contributed by atoms with Crippen molar-refractivity contribution in [3.8, 4) is 11.8 Å². The molecule has 216 valence electrons. The predicted octanol–water partition coefficient (Wildman–Crippen LogP) is 12.1. The second kappa shape index (κ2) is 15.9. The lowest BCUT2D eigenvalue weighted by Crippen LogP contribution is -2.24. The normalized spacial score (nSPS) is 23.9. The van der Waals surface area contributed by atoms with Crippen LogP contribution in [0.15, 0.2) is 106 Å². The fourth-order valence-electron chi connectivity index (χ4n) is 5.97. The first-order valence-corrected chi connectivity index (χ1v) is 15.4. The highest BCUT2D eigenvalue weighted by atomic mass is 14.4. The van der Waals surface area contributed by atoms with Crippen molar-refractivity contribution in [2.24, 2.45) is 16.7 Å². The van der Waals surface area contributed by atoms with Crippen LogP contribution in [0.25, 0.3) is 0 Å². The van der Waals surface area contributed by atoms with Crippen LogP contribution in [0.4, 0.5) is 0 Å². The van der Waals surface area contributed by atoms with E-state index in [2.05, 4.69) is 148 Å². The Morgan fingerprint density at radius 1 is 0.825 bits per heavy atom. The van der Waals surface area contributed by atoms with E-state index >= 15 is 0 Å². The van der Waals surface area contributed by atoms with E-state index in [-0.39, 0.29) is 5.41 Å². The first kappa shape index (κ1) is 33.4. The Bertz CT molecular complexity index is 1210. The molecule has 0 saturated heterocycles. The third-order valence-electron chi connectivity index (χ3n) is 8.57. The smallest absolute Gasteiger partial charge is 0.0278 e. The summed E-state index contributed by atoms with van der Waals surface area (Å²) in [5.41, 5.74) is 10.1. The topological polar surface area (TPSA) is 0 Å². The summed E-state index contributed by atoms with van der Waals surface area (Å²) in [6.45, 7) is 22.7. The molecular weight excluding hydrogens is 480 g/mol. The van der Waals surface area contributed by atoms with Gasteiger partial charge in [0.1, 0.15) is 0 Å². The molecule has 40 heavy (non-hydrogen) atoms. The maximum atomic E-state index is 3.29. The molecule has 0 aromatic rings. The molecule has 0 amide bonds. The summed E-state index contributed by atoms with van der Waals surface area (Å²) >= 11 is 0. The average molecular weight is 537 g/mol. The van der Waals surface area contributed by atoms with E-state index in [1.165, 1.54) is 60.8 Å². The van der Waals surface area contributed by atoms with E-state index in [9.17, 15) is 0 Å². The van der Waals surface area contributed by atoms with Gasteiger partial charge < -0.3 is 0 Å². The second-order valence-electron chi connectivity index (χ2n) is 13.4. The van der Waals surface area contributed by atoms with Crippen molar-refractivity contribution in [1.29, 1.82) is 0 Å². The van der Waals surface area contributed by atoms with Gasteiger partial charge in [0, 0.05) is 6.42 Å². The van der Waals surface area contributed by atoms with Crippen molar-refractivity contribution in [3.05, 3.63) is 106 Å². The molecule has 1 fully saturated rings. The Morgan fingerprint density at radius 3 is 2.17 bits per heavy atom. The van der Waals surface area contributed by atoms with Gasteiger partial charge in [0.15, 0.2) is 0 Å². The zero-order valence-corrected chi connectivity index (χ0v) is 27.4. The van der Waals surface area contributed by atoms with Crippen molar-refractivity contribution in [3.63, 3.8) is 0 Å². The Morgan fingerprint density at radius 2 is 1.48 bits per heavy atom. The largest absolute Gasteiger partial charge is 0.0941 e. The van der Waals surface area contributed by atoms with Gasteiger partial charge in [-0.2, -0.15) is 0 Å². The average Bonchev–Trinajstić information content (AvgIpc) is 2.85. The number of hydrogen-bond acceptors (Lipinski definition) is 0. The van der Waals surface area contributed by atoms with E-state index in [1.807, 2.05) is 0 Å². The highest BCUT2D eigenvalue weighted by Gasteiger charge is 2.30. The fraction of sp³-hybridized carbons (Fsp3) is 0.500. The van der Waals surface area contributed by atoms with Crippen LogP contribution in [0.1, 0.15) is 114 Å². The molecule has 0 heteroatoms. The van der Waals surface area contributed by atoms with Crippen LogP contribution >= 0.6 is 0 Å². The molecule has 1 unspecified atom stereocenters. The second-order valence-corrected chi connectivity index (χ2v) is 13.4. The van der Waals surface area contributed by atoms with Crippen LogP contribution in [0.3, 0.4) is 0 Å². The van der Waals surface area contributed by atoms with Gasteiger partial charge in [0.25, 0.3) is 0 Å². The first-order valence-electron chi connectivity index (χ1n) is 15.4. The van der Waals surface area contributed by atoms with Gasteiger partial charge >= 0.3 is 0 Å². The van der Waals surface area contributed by atoms with Crippen molar-refractivity contribution >= 4 is 0 Å². The third kappa shape index (κ3) is 11.4. The van der Waals surface area contributed by atoms with Crippen molar-refractivity contribution < 1.29 is 0 Å². The molecule has 0 N–H and O–H groups in total. The van der Waals surface area contributed by atoms with Crippen LogP contribution in [0.5, 0.6) is 0 Å². The molecule has 0 nitrogen and oxygen atoms in total. The maximum absolute atomic E-state index is 3.29. The molecule has 0 radical (unpaired) electrons. The minimum absolute atomic E-state index is 0.290. The van der Waals surface area contributed by atoms with Gasteiger partial charge in [-0.1, -0.05) is 148 Å². The monoisotopic (exact) mass is 536 g/mol. The Hall–Kier alpha value is -2.78. The van der Waals surface area contributed by atoms with Crippen LogP contribution in [0, 0.1) is 28.6 Å². The van der Waals surface area contributed by atoms with E-state index in [0.717, 1.165) is 12.0 Å². The fourth-order valence-corrected chi connectivity index (χ4v) is 5.97. The van der Waals surface area contributed by atoms with E-state index in [0.29, 0.717) is 11.3 Å². The first-order chi connectivity index (χ1) is 18.8. The Balaban J connectivity index is 1.87. The van der Waals surface area contributed by atoms with E-state index < -0.39 is 0 Å². The zero-order chi connectivity index (χ0) is 29.8. The van der Waals surface area contributed by atoms with Gasteiger partial charge in [0.2, 0.25) is 0 Å². The summed E-state index contributed by atoms with van der Waals surface area (Å²) in [5.74, 6) is 7.25. The van der Waals surface area contributed by atoms with Crippen LogP contribution in [-0.2, 0) is 0 Å². The summed E-state index contributed by atoms with van der Waals surface area (Å²) in [6, 6.07) is 0. The van der Waals surface area contributed by atoms with Gasteiger partial charge in [-0.15, -0.1) is 0 Å². The SMILES string of the molecule is CC1=C(/C=C/C(C)=C/C=C/C(C)=C/CC#C/C(C)=C/C=C/C(C)=C/C=C2\C(C)CCCC2(C)C)C(C)(C)CCC1. The number of hydrogen-bond donors (Lipinski definition) is 0. The minimum atomic E-state index is 0.290. The molecule has 2 aliphatic rings. The minimum Gasteiger partial charge on any atom is -0.0941 e. The number of allylic oxidation sites excluding steroid dienone is 18. The maximum Gasteiger partial charge on any atom is 0.0278 e. The van der Waals surface area contributed by atoms with E-state index in [1.54, 1.807) is 11.1 Å². The standard InChI is InChI=1S/C40H56/c1-31(19-13-21-33(3)25-27-37-35(5)23-15-29-39(37,7)8)17-11-12-18-32(2)20-14-22-34(4)26-28-38-36(6)24-16-30-40(38,9)10/h13-14,17,19-22,25-28,36H,11,15-16,23-24,29-30H2,1-10H3/b19-13+,22-14+,27-25+,31-17+,32-20+,33-21+,34-26+,38-28+. The van der Waals surface area contributed by atoms with Crippen LogP contribution in [-0.4, -0.2) is 0 Å². The molecule has 0 spiro atoms. The Labute approximate surface area is 248 Å². The molecule has 0 aromatic carbocycles. The lowest BCUT2D eigenvalue weighted by Gasteiger charge is -2.37. The van der Waals surface area contributed by atoms with Crippen molar-refractivity contribution in [1.82, 2.24) is 0 Å². The summed E-state index contributed by atoms with van der Waals surface area (Å²) in [4.78, 5) is 0. The highest BCUT2D eigenvalue weighted by Crippen LogP contribution is 2.43. The highest BCUT2D eigenvalue weighted by molar-refractivity contribution is 5.38. The van der Waals surface area contributed by atoms with Crippen LogP contribution < -0.4 is 0 Å². The zero-order valence-electron chi connectivity index (χ0n) is 27.4. The van der Waals surface area contributed by atoms with Gasteiger partial charge in [-0.3, -0.25) is 0 Å². The van der Waals surface area contributed by atoms with E-state index in [4.69, 9.17) is 0 Å². The molecule has 0 aromatic heterocycles. The van der Waals surface area contributed by atoms with Crippen LogP contribution in [0.2, 0.25) is 0 Å². The molecule has 2 rings (SSSR count). The molecule has 0 aliphatic heterocycles. The quantitative estimate of drug-likeness (QED) is 0.214.